The molecule has 1 heterocycles. The van der Waals surface area contributed by atoms with Crippen LogP contribution in [0.25, 0.3) is 0 Å². The molecule has 1 aromatic carbocycles. The van der Waals surface area contributed by atoms with Crippen molar-refractivity contribution < 1.29 is 13.7 Å². The van der Waals surface area contributed by atoms with Gasteiger partial charge in [-0.25, -0.2) is 8.51 Å². The summed E-state index contributed by atoms with van der Waals surface area (Å²) in [5, 5.41) is 3.25. The van der Waals surface area contributed by atoms with Gasteiger partial charge in [-0.2, -0.15) is 0 Å². The topological polar surface area (TPSA) is 68.4 Å². The van der Waals surface area contributed by atoms with Crippen LogP contribution in [0.15, 0.2) is 17.0 Å². The lowest BCUT2D eigenvalue weighted by Gasteiger charge is -2.46. The second kappa shape index (κ2) is 14.0. The van der Waals surface area contributed by atoms with Crippen molar-refractivity contribution in [2.45, 2.75) is 75.9 Å². The molecule has 1 N–H and O–H groups in total. The van der Waals surface area contributed by atoms with Crippen LogP contribution in [-0.2, 0) is 15.8 Å². The van der Waals surface area contributed by atoms with Crippen LogP contribution in [-0.4, -0.2) is 115 Å². The predicted octanol–water partition coefficient (Wildman–Crippen LogP) is 2.65. The Morgan fingerprint density at radius 3 is 2.30 bits per heavy atom. The van der Waals surface area contributed by atoms with Gasteiger partial charge in [0.1, 0.15) is 16.7 Å². The maximum atomic E-state index is 13.1. The van der Waals surface area contributed by atoms with Crippen LogP contribution in [0.1, 0.15) is 50.2 Å². The summed E-state index contributed by atoms with van der Waals surface area (Å²) in [4.78, 5) is 21.1. The number of hydrogen-bond acceptors (Lipinski definition) is 6. The van der Waals surface area contributed by atoms with Crippen LogP contribution in [0.4, 0.5) is 0 Å². The van der Waals surface area contributed by atoms with Gasteiger partial charge in [0, 0.05) is 70.9 Å². The van der Waals surface area contributed by atoms with E-state index in [1.165, 1.54) is 0 Å². The molecule has 8 nitrogen and oxygen atoms in total. The highest BCUT2D eigenvalue weighted by molar-refractivity contribution is 7.82. The van der Waals surface area contributed by atoms with Gasteiger partial charge in [-0.15, -0.1) is 0 Å². The predicted molar refractivity (Wildman–Crippen MR) is 151 cm³/mol. The molecule has 210 valence electrons. The number of aryl methyl sites for hydroxylation is 2. The summed E-state index contributed by atoms with van der Waals surface area (Å²) in [5.74, 6) is 0.822. The fourth-order valence-corrected chi connectivity index (χ4v) is 7.02. The summed E-state index contributed by atoms with van der Waals surface area (Å²) in [7, 11) is 6.42. The van der Waals surface area contributed by atoms with E-state index >= 15 is 0 Å². The van der Waals surface area contributed by atoms with E-state index in [0.29, 0.717) is 25.0 Å². The molecule has 1 saturated carbocycles. The smallest absolute Gasteiger partial charge is 0.221 e. The Hall–Kier alpha value is -1.52. The first-order valence-electron chi connectivity index (χ1n) is 13.8. The molecule has 2 fully saturated rings. The Morgan fingerprint density at radius 2 is 1.73 bits per heavy atom. The quantitative estimate of drug-likeness (QED) is 0.470. The molecule has 9 heteroatoms. The lowest BCUT2D eigenvalue weighted by molar-refractivity contribution is -0.122. The zero-order valence-corrected chi connectivity index (χ0v) is 24.9. The van der Waals surface area contributed by atoms with Crippen molar-refractivity contribution in [1.29, 1.82) is 0 Å². The van der Waals surface area contributed by atoms with Gasteiger partial charge in [0.15, 0.2) is 0 Å². The minimum absolute atomic E-state index is 0.0540. The highest BCUT2D eigenvalue weighted by atomic mass is 32.2. The SMILES string of the molecule is COc1cc(C)c(S(=O)N(C)CCC(=O)NC2CCC(N3CCN(CCN(C)C)CC3C)CC2)c(C)c1. The second-order valence-corrected chi connectivity index (χ2v) is 12.7. The maximum absolute atomic E-state index is 13.1. The first-order chi connectivity index (χ1) is 17.6. The Labute approximate surface area is 227 Å². The van der Waals surface area contributed by atoms with Crippen molar-refractivity contribution in [1.82, 2.24) is 24.3 Å². The molecule has 0 bridgehead atoms. The molecule has 0 spiro atoms. The second-order valence-electron chi connectivity index (χ2n) is 11.2. The summed E-state index contributed by atoms with van der Waals surface area (Å²) in [6.45, 7) is 12.4. The third-order valence-corrected chi connectivity index (χ3v) is 9.68. The van der Waals surface area contributed by atoms with Crippen LogP contribution in [0.5, 0.6) is 5.75 Å². The highest BCUT2D eigenvalue weighted by Gasteiger charge is 2.32. The minimum atomic E-state index is -1.32. The number of nitrogens with one attached hydrogen (secondary N) is 1. The van der Waals surface area contributed by atoms with Gasteiger partial charge in [-0.1, -0.05) is 0 Å². The lowest BCUT2D eigenvalue weighted by Crippen LogP contribution is -2.57. The number of amides is 1. The molecule has 2 unspecified atom stereocenters. The summed E-state index contributed by atoms with van der Waals surface area (Å²) >= 11 is 0. The standard InChI is InChI=1S/C28H49N5O3S/c1-21-18-26(36-7)19-22(2)28(21)37(35)31(6)13-12-27(34)29-24-8-10-25(11-9-24)33-17-16-32(20-23(33)3)15-14-30(4)5/h18-19,23-25H,8-17,20H2,1-7H3,(H,29,34). The van der Waals surface area contributed by atoms with Gasteiger partial charge < -0.3 is 15.0 Å². The molecule has 37 heavy (non-hydrogen) atoms. The number of methoxy groups -OCH3 is 1. The number of nitrogens with zero attached hydrogens (tertiary/aromatic N) is 4. The minimum Gasteiger partial charge on any atom is -0.497 e. The molecule has 1 aromatic rings. The Balaban J connectivity index is 1.39. The molecular weight excluding hydrogens is 486 g/mol. The maximum Gasteiger partial charge on any atom is 0.221 e. The van der Waals surface area contributed by atoms with Crippen LogP contribution in [0.2, 0.25) is 0 Å². The molecule has 2 atom stereocenters. The summed E-state index contributed by atoms with van der Waals surface area (Å²) in [6, 6.07) is 5.28. The number of benzene rings is 1. The fourth-order valence-electron chi connectivity index (χ4n) is 5.79. The molecule has 1 amide bonds. The van der Waals surface area contributed by atoms with Crippen LogP contribution in [0, 0.1) is 13.8 Å². The van der Waals surface area contributed by atoms with E-state index in [9.17, 15) is 9.00 Å². The van der Waals surface area contributed by atoms with Crippen molar-refractivity contribution in [2.75, 3.05) is 67.5 Å². The van der Waals surface area contributed by atoms with Crippen molar-refractivity contribution in [3.05, 3.63) is 23.3 Å². The van der Waals surface area contributed by atoms with Gasteiger partial charge in [0.2, 0.25) is 5.91 Å². The van der Waals surface area contributed by atoms with Crippen LogP contribution in [0.3, 0.4) is 0 Å². The normalized spacial score (nSPS) is 24.4. The van der Waals surface area contributed by atoms with Gasteiger partial charge in [0.05, 0.1) is 12.0 Å². The van der Waals surface area contributed by atoms with E-state index in [1.54, 1.807) is 11.4 Å². The van der Waals surface area contributed by atoms with E-state index in [4.69, 9.17) is 4.74 Å². The van der Waals surface area contributed by atoms with E-state index in [-0.39, 0.29) is 11.9 Å². The lowest BCUT2D eigenvalue weighted by atomic mass is 9.89. The molecule has 1 saturated heterocycles. The molecule has 3 rings (SSSR count). The van der Waals surface area contributed by atoms with Gasteiger partial charge in [0.25, 0.3) is 0 Å². The van der Waals surface area contributed by atoms with Gasteiger partial charge in [-0.05, 0) is 83.8 Å². The number of likely N-dealkylation sites (N-methyl/N-ethyl adjacent to an activating group) is 1. The Bertz CT molecular complexity index is 896. The average molecular weight is 536 g/mol. The van der Waals surface area contributed by atoms with E-state index in [1.807, 2.05) is 33.0 Å². The third-order valence-electron chi connectivity index (χ3n) is 7.94. The molecule has 0 aromatic heterocycles. The molecular formula is C28H49N5O3S. The number of ether oxygens (including phenoxy) is 1. The summed E-state index contributed by atoms with van der Waals surface area (Å²) in [5.41, 5.74) is 1.88. The van der Waals surface area contributed by atoms with Crippen molar-refractivity contribution in [3.8, 4) is 5.75 Å². The summed E-state index contributed by atoms with van der Waals surface area (Å²) in [6.07, 6.45) is 4.72. The van der Waals surface area contributed by atoms with E-state index < -0.39 is 11.0 Å². The Morgan fingerprint density at radius 1 is 1.08 bits per heavy atom. The zero-order valence-electron chi connectivity index (χ0n) is 24.1. The van der Waals surface area contributed by atoms with Gasteiger partial charge in [-0.3, -0.25) is 14.6 Å². The third kappa shape index (κ3) is 8.48. The van der Waals surface area contributed by atoms with Crippen molar-refractivity contribution in [3.63, 3.8) is 0 Å². The highest BCUT2D eigenvalue weighted by Crippen LogP contribution is 2.27. The number of piperazine rings is 1. The van der Waals surface area contributed by atoms with E-state index in [2.05, 4.69) is 41.0 Å². The number of hydrogen-bond donors (Lipinski definition) is 1. The fraction of sp³-hybridized carbons (Fsp3) is 0.750. The van der Waals surface area contributed by atoms with E-state index in [0.717, 1.165) is 80.2 Å². The largest absolute Gasteiger partial charge is 0.497 e. The average Bonchev–Trinajstić information content (AvgIpc) is 2.86. The molecule has 1 aliphatic heterocycles. The van der Waals surface area contributed by atoms with Crippen molar-refractivity contribution in [2.24, 2.45) is 0 Å². The number of rotatable bonds is 11. The molecule has 2 aliphatic rings. The number of carbonyl (C=O) groups excluding carboxylic acids is 1. The van der Waals surface area contributed by atoms with Gasteiger partial charge >= 0.3 is 0 Å². The molecule has 0 radical (unpaired) electrons. The molecule has 1 aliphatic carbocycles. The Kier molecular flexibility index (Phi) is 11.4. The first kappa shape index (κ1) is 30.0. The van der Waals surface area contributed by atoms with Crippen LogP contribution < -0.4 is 10.1 Å². The zero-order chi connectivity index (χ0) is 27.1. The van der Waals surface area contributed by atoms with Crippen LogP contribution >= 0.6 is 0 Å². The number of carbonyl (C=O) groups is 1. The first-order valence-corrected chi connectivity index (χ1v) is 14.9. The van der Waals surface area contributed by atoms with Crippen molar-refractivity contribution >= 4 is 16.9 Å². The summed E-state index contributed by atoms with van der Waals surface area (Å²) < 4.78 is 20.2. The monoisotopic (exact) mass is 535 g/mol.